The highest BCUT2D eigenvalue weighted by atomic mass is 32.2. The van der Waals surface area contributed by atoms with Gasteiger partial charge in [0.15, 0.2) is 0 Å². The molecule has 29 heavy (non-hydrogen) atoms. The van der Waals surface area contributed by atoms with Crippen molar-refractivity contribution in [2.75, 3.05) is 18.5 Å². The Bertz CT molecular complexity index is 945. The predicted octanol–water partition coefficient (Wildman–Crippen LogP) is 3.58. The number of nitrogens with one attached hydrogen (secondary N) is 1. The number of aromatic nitrogens is 4. The molecular weight excluding hydrogens is 390 g/mol. The number of amides is 1. The van der Waals surface area contributed by atoms with Crippen molar-refractivity contribution in [1.29, 1.82) is 0 Å². The minimum Gasteiger partial charge on any atom is -0.494 e. The zero-order chi connectivity index (χ0) is 20.6. The second kappa shape index (κ2) is 9.92. The van der Waals surface area contributed by atoms with E-state index in [1.807, 2.05) is 62.4 Å². The van der Waals surface area contributed by atoms with Crippen molar-refractivity contribution in [3.8, 4) is 17.2 Å². The van der Waals surface area contributed by atoms with E-state index in [9.17, 15) is 4.79 Å². The van der Waals surface area contributed by atoms with Crippen LogP contribution in [0.15, 0.2) is 53.7 Å². The van der Waals surface area contributed by atoms with Crippen LogP contribution >= 0.6 is 11.8 Å². The molecular formula is C20H23N5O3S. The maximum atomic E-state index is 12.7. The number of hydrogen-bond acceptors (Lipinski definition) is 7. The van der Waals surface area contributed by atoms with E-state index in [1.54, 1.807) is 11.6 Å². The molecule has 0 aliphatic carbocycles. The molecule has 0 saturated carbocycles. The molecule has 0 spiro atoms. The van der Waals surface area contributed by atoms with E-state index < -0.39 is 5.25 Å². The monoisotopic (exact) mass is 413 g/mol. The normalized spacial score (nSPS) is 11.7. The van der Waals surface area contributed by atoms with Crippen LogP contribution in [-0.4, -0.2) is 44.6 Å². The second-order valence-corrected chi connectivity index (χ2v) is 7.29. The van der Waals surface area contributed by atoms with Crippen LogP contribution in [0.1, 0.15) is 20.8 Å². The van der Waals surface area contributed by atoms with Gasteiger partial charge in [-0.25, -0.2) is 0 Å². The molecule has 1 heterocycles. The Labute approximate surface area is 173 Å². The van der Waals surface area contributed by atoms with Crippen molar-refractivity contribution in [2.24, 2.45) is 0 Å². The molecule has 3 aromatic rings. The molecule has 0 bridgehead atoms. The van der Waals surface area contributed by atoms with Crippen LogP contribution in [0, 0.1) is 0 Å². The number of carbonyl (C=O) groups excluding carboxylic acids is 1. The summed E-state index contributed by atoms with van der Waals surface area (Å²) in [5, 5.41) is 14.9. The minimum absolute atomic E-state index is 0.164. The molecule has 0 aliphatic heterocycles. The van der Waals surface area contributed by atoms with Crippen LogP contribution in [-0.2, 0) is 4.79 Å². The lowest BCUT2D eigenvalue weighted by Crippen LogP contribution is -2.23. The Hall–Kier alpha value is -3.07. The largest absolute Gasteiger partial charge is 0.494 e. The Morgan fingerprint density at radius 1 is 1.10 bits per heavy atom. The lowest BCUT2D eigenvalue weighted by atomic mass is 10.3. The highest BCUT2D eigenvalue weighted by molar-refractivity contribution is 8.00. The number of ether oxygens (including phenoxy) is 2. The van der Waals surface area contributed by atoms with Crippen LogP contribution in [0.3, 0.4) is 0 Å². The van der Waals surface area contributed by atoms with E-state index in [-0.39, 0.29) is 5.91 Å². The molecule has 0 saturated heterocycles. The van der Waals surface area contributed by atoms with Crippen molar-refractivity contribution >= 4 is 23.4 Å². The van der Waals surface area contributed by atoms with Gasteiger partial charge in [-0.2, -0.15) is 4.68 Å². The Morgan fingerprint density at radius 3 is 2.55 bits per heavy atom. The summed E-state index contributed by atoms with van der Waals surface area (Å²) in [4.78, 5) is 12.7. The van der Waals surface area contributed by atoms with E-state index in [2.05, 4.69) is 20.8 Å². The van der Waals surface area contributed by atoms with Gasteiger partial charge in [-0.05, 0) is 67.6 Å². The molecule has 1 atom stereocenters. The van der Waals surface area contributed by atoms with Crippen molar-refractivity contribution in [2.45, 2.75) is 31.2 Å². The molecule has 2 aromatic carbocycles. The van der Waals surface area contributed by atoms with Gasteiger partial charge in [0.2, 0.25) is 11.1 Å². The maximum Gasteiger partial charge on any atom is 0.237 e. The van der Waals surface area contributed by atoms with E-state index >= 15 is 0 Å². The van der Waals surface area contributed by atoms with Crippen LogP contribution in [0.25, 0.3) is 5.69 Å². The standard InChI is InChI=1S/C20H23N5O3S/c1-4-27-16-12-10-15(11-13-16)25-20(22-23-24-25)29-14(3)19(26)21-17-8-6-7-9-18(17)28-5-2/h6-14H,4-5H2,1-3H3,(H,21,26)/t14-/m1/s1. The van der Waals surface area contributed by atoms with Gasteiger partial charge in [0, 0.05) is 0 Å². The lowest BCUT2D eigenvalue weighted by Gasteiger charge is -2.14. The molecule has 152 valence electrons. The summed E-state index contributed by atoms with van der Waals surface area (Å²) >= 11 is 1.28. The third-order valence-corrected chi connectivity index (χ3v) is 4.96. The third-order valence-electron chi connectivity index (χ3n) is 3.93. The Kier molecular flexibility index (Phi) is 7.07. The average molecular weight is 414 g/mol. The first kappa shape index (κ1) is 20.7. The second-order valence-electron chi connectivity index (χ2n) is 5.98. The lowest BCUT2D eigenvalue weighted by molar-refractivity contribution is -0.115. The summed E-state index contributed by atoms with van der Waals surface area (Å²) < 4.78 is 12.6. The first-order chi connectivity index (χ1) is 14.1. The summed E-state index contributed by atoms with van der Waals surface area (Å²) in [6.07, 6.45) is 0. The number of hydrogen-bond donors (Lipinski definition) is 1. The summed E-state index contributed by atoms with van der Waals surface area (Å²) in [6.45, 7) is 6.76. The summed E-state index contributed by atoms with van der Waals surface area (Å²) in [5.74, 6) is 1.25. The zero-order valence-corrected chi connectivity index (χ0v) is 17.3. The van der Waals surface area contributed by atoms with Gasteiger partial charge in [-0.15, -0.1) is 5.10 Å². The molecule has 9 heteroatoms. The van der Waals surface area contributed by atoms with Crippen molar-refractivity contribution in [3.05, 3.63) is 48.5 Å². The molecule has 1 N–H and O–H groups in total. The molecule has 3 rings (SSSR count). The smallest absolute Gasteiger partial charge is 0.237 e. The number of carbonyl (C=O) groups is 1. The van der Waals surface area contributed by atoms with Gasteiger partial charge in [0.1, 0.15) is 11.5 Å². The number of benzene rings is 2. The summed E-state index contributed by atoms with van der Waals surface area (Å²) in [7, 11) is 0. The first-order valence-corrected chi connectivity index (χ1v) is 10.2. The van der Waals surface area contributed by atoms with Crippen LogP contribution in [0.4, 0.5) is 5.69 Å². The molecule has 1 aromatic heterocycles. The van der Waals surface area contributed by atoms with E-state index in [4.69, 9.17) is 9.47 Å². The summed E-state index contributed by atoms with van der Waals surface area (Å²) in [6, 6.07) is 14.8. The van der Waals surface area contributed by atoms with Crippen LogP contribution in [0.2, 0.25) is 0 Å². The topological polar surface area (TPSA) is 91.2 Å². The first-order valence-electron chi connectivity index (χ1n) is 9.33. The number of anilines is 1. The van der Waals surface area contributed by atoms with Gasteiger partial charge < -0.3 is 14.8 Å². The number of nitrogens with zero attached hydrogens (tertiary/aromatic N) is 4. The van der Waals surface area contributed by atoms with E-state index in [0.29, 0.717) is 29.8 Å². The van der Waals surface area contributed by atoms with Gasteiger partial charge in [-0.1, -0.05) is 23.9 Å². The Morgan fingerprint density at radius 2 is 1.83 bits per heavy atom. The Balaban J connectivity index is 1.69. The van der Waals surface area contributed by atoms with E-state index in [0.717, 1.165) is 11.4 Å². The van der Waals surface area contributed by atoms with Crippen molar-refractivity contribution < 1.29 is 14.3 Å². The number of tetrazole rings is 1. The third kappa shape index (κ3) is 5.26. The fourth-order valence-corrected chi connectivity index (χ4v) is 3.37. The van der Waals surface area contributed by atoms with Gasteiger partial charge in [0.25, 0.3) is 0 Å². The molecule has 1 amide bonds. The number of rotatable bonds is 9. The number of thioether (sulfide) groups is 1. The van der Waals surface area contributed by atoms with Crippen molar-refractivity contribution in [1.82, 2.24) is 20.2 Å². The quantitative estimate of drug-likeness (QED) is 0.536. The average Bonchev–Trinajstić information content (AvgIpc) is 3.18. The van der Waals surface area contributed by atoms with Crippen LogP contribution in [0.5, 0.6) is 11.5 Å². The SMILES string of the molecule is CCOc1ccc(-n2nnnc2S[C@H](C)C(=O)Nc2ccccc2OCC)cc1. The number of para-hydroxylation sites is 2. The fourth-order valence-electron chi connectivity index (χ4n) is 2.56. The predicted molar refractivity (Wildman–Crippen MR) is 112 cm³/mol. The van der Waals surface area contributed by atoms with Crippen LogP contribution < -0.4 is 14.8 Å². The van der Waals surface area contributed by atoms with Crippen molar-refractivity contribution in [3.63, 3.8) is 0 Å². The highest BCUT2D eigenvalue weighted by Gasteiger charge is 2.20. The minimum atomic E-state index is -0.419. The maximum absolute atomic E-state index is 12.7. The van der Waals surface area contributed by atoms with E-state index in [1.165, 1.54) is 11.8 Å². The molecule has 0 radical (unpaired) electrons. The van der Waals surface area contributed by atoms with Gasteiger partial charge in [-0.3, -0.25) is 4.79 Å². The molecule has 8 nitrogen and oxygen atoms in total. The van der Waals surface area contributed by atoms with Gasteiger partial charge >= 0.3 is 0 Å². The van der Waals surface area contributed by atoms with Gasteiger partial charge in [0.05, 0.1) is 29.8 Å². The zero-order valence-electron chi connectivity index (χ0n) is 16.5. The molecule has 0 aliphatic rings. The molecule has 0 fully saturated rings. The summed E-state index contributed by atoms with van der Waals surface area (Å²) in [5.41, 5.74) is 1.42. The highest BCUT2D eigenvalue weighted by Crippen LogP contribution is 2.27. The molecule has 0 unspecified atom stereocenters. The fraction of sp³-hybridized carbons (Fsp3) is 0.300.